The maximum absolute atomic E-state index is 10.2. The zero-order valence-electron chi connectivity index (χ0n) is 10.6. The molecule has 3 nitrogen and oxygen atoms in total. The van der Waals surface area contributed by atoms with Crippen LogP contribution in [-0.4, -0.2) is 17.2 Å². The number of benzene rings is 1. The molecule has 1 aromatic carbocycles. The second-order valence-electron chi connectivity index (χ2n) is 4.37. The highest BCUT2D eigenvalue weighted by Crippen LogP contribution is 2.21. The van der Waals surface area contributed by atoms with Crippen LogP contribution in [0.1, 0.15) is 22.8 Å². The molecule has 2 rings (SSSR count). The number of aliphatic hydroxyl groups is 1. The van der Waals surface area contributed by atoms with Crippen molar-refractivity contribution in [1.82, 2.24) is 4.98 Å². The molecule has 0 fully saturated rings. The summed E-state index contributed by atoms with van der Waals surface area (Å²) in [5, 5.41) is 10.2. The fraction of sp³-hybridized carbons (Fsp3) is 0.267. The van der Waals surface area contributed by atoms with E-state index in [4.69, 9.17) is 4.74 Å². The second kappa shape index (κ2) is 5.65. The van der Waals surface area contributed by atoms with Gasteiger partial charge in [0.05, 0.1) is 19.4 Å². The van der Waals surface area contributed by atoms with E-state index in [1.165, 1.54) is 5.56 Å². The van der Waals surface area contributed by atoms with E-state index in [-0.39, 0.29) is 0 Å². The number of rotatable bonds is 4. The number of ether oxygens (including phenoxy) is 1. The quantitative estimate of drug-likeness (QED) is 0.897. The standard InChI is InChI=1S/C15H17NO2/c1-11-4-3-5-12(6-11)7-15(17)13-8-14(18-2)10-16-9-13/h3-6,8-10,15,17H,7H2,1-2H3. The molecule has 2 aromatic rings. The molecule has 1 atom stereocenters. The van der Waals surface area contributed by atoms with Gasteiger partial charge in [-0.25, -0.2) is 0 Å². The van der Waals surface area contributed by atoms with Gasteiger partial charge in [-0.1, -0.05) is 29.8 Å². The van der Waals surface area contributed by atoms with E-state index < -0.39 is 6.10 Å². The van der Waals surface area contributed by atoms with Gasteiger partial charge in [-0.15, -0.1) is 0 Å². The summed E-state index contributed by atoms with van der Waals surface area (Å²) in [6.07, 6.45) is 3.32. The molecule has 0 spiro atoms. The number of aromatic nitrogens is 1. The van der Waals surface area contributed by atoms with Crippen molar-refractivity contribution in [2.75, 3.05) is 7.11 Å². The monoisotopic (exact) mass is 243 g/mol. The minimum atomic E-state index is -0.561. The van der Waals surface area contributed by atoms with Gasteiger partial charge in [0.25, 0.3) is 0 Å². The molecule has 0 radical (unpaired) electrons. The first-order valence-corrected chi connectivity index (χ1v) is 5.91. The maximum atomic E-state index is 10.2. The van der Waals surface area contributed by atoms with Crippen molar-refractivity contribution in [2.45, 2.75) is 19.4 Å². The fourth-order valence-electron chi connectivity index (χ4n) is 1.91. The molecule has 1 heterocycles. The summed E-state index contributed by atoms with van der Waals surface area (Å²) < 4.78 is 5.10. The number of hydrogen-bond acceptors (Lipinski definition) is 3. The van der Waals surface area contributed by atoms with Crippen LogP contribution in [0, 0.1) is 6.92 Å². The van der Waals surface area contributed by atoms with Crippen molar-refractivity contribution in [3.63, 3.8) is 0 Å². The van der Waals surface area contributed by atoms with Crippen molar-refractivity contribution in [2.24, 2.45) is 0 Å². The lowest BCUT2D eigenvalue weighted by Gasteiger charge is -2.12. The summed E-state index contributed by atoms with van der Waals surface area (Å²) in [5.41, 5.74) is 3.09. The van der Waals surface area contributed by atoms with Gasteiger partial charge in [-0.2, -0.15) is 0 Å². The summed E-state index contributed by atoms with van der Waals surface area (Å²) in [5.74, 6) is 0.663. The molecular weight excluding hydrogens is 226 g/mol. The van der Waals surface area contributed by atoms with E-state index >= 15 is 0 Å². The topological polar surface area (TPSA) is 42.4 Å². The van der Waals surface area contributed by atoms with Crippen molar-refractivity contribution in [3.8, 4) is 5.75 Å². The zero-order chi connectivity index (χ0) is 13.0. The number of hydrogen-bond donors (Lipinski definition) is 1. The lowest BCUT2D eigenvalue weighted by molar-refractivity contribution is 0.177. The molecule has 0 amide bonds. The van der Waals surface area contributed by atoms with Gasteiger partial charge >= 0.3 is 0 Å². The van der Waals surface area contributed by atoms with Gasteiger partial charge < -0.3 is 9.84 Å². The molecule has 3 heteroatoms. The van der Waals surface area contributed by atoms with Crippen LogP contribution in [-0.2, 0) is 6.42 Å². The third-order valence-electron chi connectivity index (χ3n) is 2.87. The van der Waals surface area contributed by atoms with E-state index in [9.17, 15) is 5.11 Å². The van der Waals surface area contributed by atoms with Crippen LogP contribution in [0.15, 0.2) is 42.7 Å². The van der Waals surface area contributed by atoms with Crippen LogP contribution in [0.3, 0.4) is 0 Å². The second-order valence-corrected chi connectivity index (χ2v) is 4.37. The van der Waals surface area contributed by atoms with Gasteiger partial charge in [0.15, 0.2) is 0 Å². The van der Waals surface area contributed by atoms with Crippen LogP contribution < -0.4 is 4.74 Å². The molecule has 18 heavy (non-hydrogen) atoms. The van der Waals surface area contributed by atoms with Crippen molar-refractivity contribution in [1.29, 1.82) is 0 Å². The van der Waals surface area contributed by atoms with Gasteiger partial charge in [0.2, 0.25) is 0 Å². The first-order chi connectivity index (χ1) is 8.69. The predicted octanol–water partition coefficient (Wildman–Crippen LogP) is 2.67. The van der Waals surface area contributed by atoms with E-state index in [0.29, 0.717) is 12.2 Å². The molecule has 0 aliphatic heterocycles. The third-order valence-corrected chi connectivity index (χ3v) is 2.87. The highest BCUT2D eigenvalue weighted by molar-refractivity contribution is 5.28. The number of aliphatic hydroxyl groups excluding tert-OH is 1. The van der Waals surface area contributed by atoms with E-state index in [2.05, 4.69) is 11.1 Å². The Morgan fingerprint density at radius 2 is 2.11 bits per heavy atom. The summed E-state index contributed by atoms with van der Waals surface area (Å²) >= 11 is 0. The van der Waals surface area contributed by atoms with Gasteiger partial charge in [-0.3, -0.25) is 4.98 Å². The number of pyridine rings is 1. The van der Waals surface area contributed by atoms with E-state index in [1.807, 2.05) is 31.2 Å². The number of nitrogens with zero attached hydrogens (tertiary/aromatic N) is 1. The van der Waals surface area contributed by atoms with Crippen LogP contribution in [0.5, 0.6) is 5.75 Å². The predicted molar refractivity (Wildman–Crippen MR) is 70.6 cm³/mol. The summed E-state index contributed by atoms with van der Waals surface area (Å²) in [6.45, 7) is 2.04. The summed E-state index contributed by atoms with van der Waals surface area (Å²) in [4.78, 5) is 4.05. The third kappa shape index (κ3) is 3.08. The Morgan fingerprint density at radius 1 is 1.28 bits per heavy atom. The Balaban J connectivity index is 2.13. The highest BCUT2D eigenvalue weighted by Gasteiger charge is 2.10. The molecule has 0 aliphatic rings. The molecule has 0 saturated carbocycles. The Kier molecular flexibility index (Phi) is 3.95. The smallest absolute Gasteiger partial charge is 0.137 e. The Morgan fingerprint density at radius 3 is 2.83 bits per heavy atom. The van der Waals surface area contributed by atoms with Crippen molar-refractivity contribution in [3.05, 3.63) is 59.4 Å². The lowest BCUT2D eigenvalue weighted by atomic mass is 10.0. The maximum Gasteiger partial charge on any atom is 0.137 e. The Bertz CT molecular complexity index is 525. The van der Waals surface area contributed by atoms with Crippen LogP contribution >= 0.6 is 0 Å². The van der Waals surface area contributed by atoms with Crippen molar-refractivity contribution >= 4 is 0 Å². The molecule has 0 aliphatic carbocycles. The SMILES string of the molecule is COc1cncc(C(O)Cc2cccc(C)c2)c1. The first kappa shape index (κ1) is 12.6. The molecule has 1 unspecified atom stereocenters. The molecule has 0 bridgehead atoms. The van der Waals surface area contributed by atoms with Crippen LogP contribution in [0.4, 0.5) is 0 Å². The minimum absolute atomic E-state index is 0.561. The summed E-state index contributed by atoms with van der Waals surface area (Å²) in [7, 11) is 1.59. The molecule has 1 aromatic heterocycles. The van der Waals surface area contributed by atoms with Gasteiger partial charge in [0.1, 0.15) is 5.75 Å². The largest absolute Gasteiger partial charge is 0.495 e. The molecule has 0 saturated heterocycles. The Hall–Kier alpha value is -1.87. The molecular formula is C15H17NO2. The minimum Gasteiger partial charge on any atom is -0.495 e. The first-order valence-electron chi connectivity index (χ1n) is 5.91. The van der Waals surface area contributed by atoms with E-state index in [0.717, 1.165) is 11.1 Å². The van der Waals surface area contributed by atoms with Crippen molar-refractivity contribution < 1.29 is 9.84 Å². The molecule has 94 valence electrons. The number of methoxy groups -OCH3 is 1. The van der Waals surface area contributed by atoms with E-state index in [1.54, 1.807) is 19.5 Å². The van der Waals surface area contributed by atoms with Gasteiger partial charge in [0, 0.05) is 18.2 Å². The van der Waals surface area contributed by atoms with Crippen LogP contribution in [0.25, 0.3) is 0 Å². The average Bonchev–Trinajstić information content (AvgIpc) is 2.39. The van der Waals surface area contributed by atoms with Crippen LogP contribution in [0.2, 0.25) is 0 Å². The average molecular weight is 243 g/mol. The normalized spacial score (nSPS) is 12.2. The number of aryl methyl sites for hydroxylation is 1. The zero-order valence-corrected chi connectivity index (χ0v) is 10.6. The van der Waals surface area contributed by atoms with Gasteiger partial charge in [-0.05, 0) is 18.6 Å². The fourth-order valence-corrected chi connectivity index (χ4v) is 1.91. The highest BCUT2D eigenvalue weighted by atomic mass is 16.5. The summed E-state index contributed by atoms with van der Waals surface area (Å²) in [6, 6.07) is 9.96. The lowest BCUT2D eigenvalue weighted by Crippen LogP contribution is -2.03. The molecule has 1 N–H and O–H groups in total. The Labute approximate surface area is 107 Å².